The molecule has 1 fully saturated rings. The average molecular weight is 206 g/mol. The Bertz CT molecular complexity index is 354. The number of carboxylic acids is 1. The Labute approximate surface area is 88.7 Å². The summed E-state index contributed by atoms with van der Waals surface area (Å²) < 4.78 is 5.39. The Morgan fingerprint density at radius 2 is 2.33 bits per heavy atom. The van der Waals surface area contributed by atoms with Crippen molar-refractivity contribution in [2.24, 2.45) is 0 Å². The molecule has 2 rings (SSSR count). The van der Waals surface area contributed by atoms with Gasteiger partial charge in [-0.1, -0.05) is 12.1 Å². The molecule has 3 heteroatoms. The van der Waals surface area contributed by atoms with E-state index in [9.17, 15) is 4.79 Å². The Morgan fingerprint density at radius 1 is 1.47 bits per heavy atom. The van der Waals surface area contributed by atoms with E-state index in [1.165, 1.54) is 0 Å². The lowest BCUT2D eigenvalue weighted by Crippen LogP contribution is -2.15. The summed E-state index contributed by atoms with van der Waals surface area (Å²) in [5.41, 5.74) is 1.44. The third-order valence-electron chi connectivity index (χ3n) is 2.77. The maximum atomic E-state index is 10.8. The average Bonchev–Trinajstić information content (AvgIpc) is 2.30. The number of carboxylic acid groups (broad SMARTS) is 1. The van der Waals surface area contributed by atoms with Crippen molar-refractivity contribution in [2.75, 3.05) is 13.2 Å². The van der Waals surface area contributed by atoms with Crippen molar-refractivity contribution < 1.29 is 14.6 Å². The second-order valence-electron chi connectivity index (χ2n) is 3.84. The molecule has 0 aliphatic carbocycles. The van der Waals surface area contributed by atoms with Crippen LogP contribution in [-0.2, 0) is 4.74 Å². The number of aromatic carboxylic acids is 1. The lowest BCUT2D eigenvalue weighted by atomic mass is 9.92. The smallest absolute Gasteiger partial charge is 0.335 e. The highest BCUT2D eigenvalue weighted by atomic mass is 16.5. The molecule has 3 nitrogen and oxygen atoms in total. The zero-order valence-corrected chi connectivity index (χ0v) is 8.48. The second kappa shape index (κ2) is 4.45. The van der Waals surface area contributed by atoms with Crippen molar-refractivity contribution in [3.8, 4) is 0 Å². The van der Waals surface area contributed by atoms with Crippen molar-refractivity contribution in [1.82, 2.24) is 0 Å². The van der Waals surface area contributed by atoms with E-state index in [1.54, 1.807) is 18.2 Å². The first-order valence-electron chi connectivity index (χ1n) is 5.18. The highest BCUT2D eigenvalue weighted by molar-refractivity contribution is 5.87. The predicted octanol–water partition coefficient (Wildman–Crippen LogP) is 2.28. The van der Waals surface area contributed by atoms with E-state index in [4.69, 9.17) is 9.84 Å². The molecule has 1 saturated heterocycles. The van der Waals surface area contributed by atoms with Crippen LogP contribution >= 0.6 is 0 Å². The maximum absolute atomic E-state index is 10.8. The van der Waals surface area contributed by atoms with Crippen LogP contribution in [0.3, 0.4) is 0 Å². The number of hydrogen-bond donors (Lipinski definition) is 1. The minimum Gasteiger partial charge on any atom is -0.478 e. The molecule has 0 bridgehead atoms. The van der Waals surface area contributed by atoms with Gasteiger partial charge in [-0.05, 0) is 30.5 Å². The molecule has 1 heterocycles. The molecule has 1 aromatic carbocycles. The van der Waals surface area contributed by atoms with Gasteiger partial charge in [0.2, 0.25) is 0 Å². The molecular weight excluding hydrogens is 192 g/mol. The highest BCUT2D eigenvalue weighted by Gasteiger charge is 2.16. The number of benzene rings is 1. The van der Waals surface area contributed by atoms with Crippen molar-refractivity contribution >= 4 is 5.97 Å². The summed E-state index contributed by atoms with van der Waals surface area (Å²) in [5, 5.41) is 8.88. The number of hydrogen-bond acceptors (Lipinski definition) is 2. The molecule has 0 amide bonds. The van der Waals surface area contributed by atoms with Crippen LogP contribution in [0.4, 0.5) is 0 Å². The Balaban J connectivity index is 2.19. The summed E-state index contributed by atoms with van der Waals surface area (Å²) in [4.78, 5) is 10.8. The molecule has 1 aromatic rings. The van der Waals surface area contributed by atoms with Crippen LogP contribution in [0.5, 0.6) is 0 Å². The van der Waals surface area contributed by atoms with Gasteiger partial charge in [0.25, 0.3) is 0 Å². The van der Waals surface area contributed by atoms with Crippen molar-refractivity contribution in [2.45, 2.75) is 18.8 Å². The zero-order valence-electron chi connectivity index (χ0n) is 8.48. The van der Waals surface area contributed by atoms with Crippen LogP contribution in [0.15, 0.2) is 24.3 Å². The van der Waals surface area contributed by atoms with Crippen molar-refractivity contribution in [3.05, 3.63) is 35.4 Å². The summed E-state index contributed by atoms with van der Waals surface area (Å²) in [6, 6.07) is 7.15. The van der Waals surface area contributed by atoms with Crippen LogP contribution in [0.1, 0.15) is 34.7 Å². The fraction of sp³-hybridized carbons (Fsp3) is 0.417. The molecule has 80 valence electrons. The fourth-order valence-corrected chi connectivity index (χ4v) is 1.93. The molecule has 0 saturated carbocycles. The number of ether oxygens (including phenoxy) is 1. The minimum atomic E-state index is -0.867. The molecule has 0 radical (unpaired) electrons. The number of rotatable bonds is 2. The monoisotopic (exact) mass is 206 g/mol. The minimum absolute atomic E-state index is 0.359. The van der Waals surface area contributed by atoms with Crippen LogP contribution in [-0.4, -0.2) is 24.3 Å². The normalized spacial score (nSPS) is 21.2. The van der Waals surface area contributed by atoms with Crippen LogP contribution in [0.2, 0.25) is 0 Å². The van der Waals surface area contributed by atoms with E-state index in [-0.39, 0.29) is 0 Å². The van der Waals surface area contributed by atoms with Crippen LogP contribution in [0.25, 0.3) is 0 Å². The first-order chi connectivity index (χ1) is 7.27. The Hall–Kier alpha value is -1.35. The highest BCUT2D eigenvalue weighted by Crippen LogP contribution is 2.25. The molecule has 0 unspecified atom stereocenters. The molecule has 1 aliphatic rings. The van der Waals surface area contributed by atoms with Crippen LogP contribution < -0.4 is 0 Å². The van der Waals surface area contributed by atoms with Gasteiger partial charge in [-0.2, -0.15) is 0 Å². The van der Waals surface area contributed by atoms with Crippen molar-refractivity contribution in [1.29, 1.82) is 0 Å². The summed E-state index contributed by atoms with van der Waals surface area (Å²) in [6.45, 7) is 1.54. The summed E-state index contributed by atoms with van der Waals surface area (Å²) in [5.74, 6) is -0.508. The summed E-state index contributed by atoms with van der Waals surface area (Å²) in [7, 11) is 0. The Kier molecular flexibility index (Phi) is 3.02. The van der Waals surface area contributed by atoms with E-state index in [2.05, 4.69) is 0 Å². The maximum Gasteiger partial charge on any atom is 0.335 e. The molecule has 0 spiro atoms. The zero-order chi connectivity index (χ0) is 10.7. The predicted molar refractivity (Wildman–Crippen MR) is 56.2 cm³/mol. The van der Waals surface area contributed by atoms with Gasteiger partial charge >= 0.3 is 5.97 Å². The van der Waals surface area contributed by atoms with Crippen molar-refractivity contribution in [3.63, 3.8) is 0 Å². The van der Waals surface area contributed by atoms with Gasteiger partial charge in [0.05, 0.1) is 12.2 Å². The summed E-state index contributed by atoms with van der Waals surface area (Å²) >= 11 is 0. The van der Waals surface area contributed by atoms with Gasteiger partial charge in [0.1, 0.15) is 0 Å². The van der Waals surface area contributed by atoms with Gasteiger partial charge in [0, 0.05) is 12.5 Å². The third kappa shape index (κ3) is 2.36. The quantitative estimate of drug-likeness (QED) is 0.807. The van der Waals surface area contributed by atoms with Gasteiger partial charge in [-0.3, -0.25) is 0 Å². The first kappa shape index (κ1) is 10.2. The molecule has 0 aromatic heterocycles. The van der Waals surface area contributed by atoms with Gasteiger partial charge in [-0.15, -0.1) is 0 Å². The van der Waals surface area contributed by atoms with E-state index >= 15 is 0 Å². The molecular formula is C12H14O3. The van der Waals surface area contributed by atoms with Crippen LogP contribution in [0, 0.1) is 0 Å². The first-order valence-corrected chi connectivity index (χ1v) is 5.18. The summed E-state index contributed by atoms with van der Waals surface area (Å²) in [6.07, 6.45) is 2.14. The van der Waals surface area contributed by atoms with Gasteiger partial charge in [-0.25, -0.2) is 4.79 Å². The lowest BCUT2D eigenvalue weighted by Gasteiger charge is -2.22. The third-order valence-corrected chi connectivity index (χ3v) is 2.77. The molecule has 1 N–H and O–H groups in total. The topological polar surface area (TPSA) is 46.5 Å². The largest absolute Gasteiger partial charge is 0.478 e. The lowest BCUT2D eigenvalue weighted by molar-refractivity contribution is 0.0694. The second-order valence-corrected chi connectivity index (χ2v) is 3.84. The van der Waals surface area contributed by atoms with E-state index in [0.29, 0.717) is 18.1 Å². The van der Waals surface area contributed by atoms with Gasteiger partial charge < -0.3 is 9.84 Å². The number of carbonyl (C=O) groups is 1. The van der Waals surface area contributed by atoms with E-state index in [1.807, 2.05) is 6.07 Å². The van der Waals surface area contributed by atoms with Gasteiger partial charge in [0.15, 0.2) is 0 Å². The molecule has 1 atom stereocenters. The fourth-order valence-electron chi connectivity index (χ4n) is 1.93. The standard InChI is InChI=1S/C12H14O3/c13-12(14)10-4-1-3-9(7-10)11-5-2-6-15-8-11/h1,3-4,7,11H,2,5-6,8H2,(H,13,14)/t11-/m1/s1. The molecule has 15 heavy (non-hydrogen) atoms. The van der Waals surface area contributed by atoms with E-state index in [0.717, 1.165) is 25.0 Å². The Morgan fingerprint density at radius 3 is 3.00 bits per heavy atom. The molecule has 1 aliphatic heterocycles. The SMILES string of the molecule is O=C(O)c1cccc([C@@H]2CCCOC2)c1. The van der Waals surface area contributed by atoms with E-state index < -0.39 is 5.97 Å².